The summed E-state index contributed by atoms with van der Waals surface area (Å²) in [6.07, 6.45) is 2.93. The Labute approximate surface area is 235 Å². The van der Waals surface area contributed by atoms with Crippen molar-refractivity contribution in [1.29, 1.82) is 0 Å². The summed E-state index contributed by atoms with van der Waals surface area (Å²) in [6, 6.07) is 11.7. The van der Waals surface area contributed by atoms with Gasteiger partial charge < -0.3 is 9.47 Å². The number of nitrogens with zero attached hydrogens (tertiary/aromatic N) is 5. The molecule has 1 unspecified atom stereocenters. The van der Waals surface area contributed by atoms with Crippen molar-refractivity contribution < 1.29 is 23.4 Å². The molecular formula is C29H35N5O5S. The molecule has 0 fully saturated rings. The Bertz CT molecular complexity index is 1560. The van der Waals surface area contributed by atoms with E-state index >= 15 is 0 Å². The Hall–Kier alpha value is -3.51. The van der Waals surface area contributed by atoms with Crippen LogP contribution in [-0.4, -0.2) is 58.6 Å². The maximum Gasteiger partial charge on any atom is 0.306 e. The number of hydrogen-bond acceptors (Lipinski definition) is 9. The average molecular weight is 566 g/mol. The van der Waals surface area contributed by atoms with Crippen molar-refractivity contribution in [3.8, 4) is 5.75 Å². The van der Waals surface area contributed by atoms with E-state index in [4.69, 9.17) is 9.47 Å². The van der Waals surface area contributed by atoms with E-state index in [0.29, 0.717) is 18.9 Å². The standard InChI is InChI=1S/C29H35N5O5S/c1-6-38-28(35)14-24(23-9-10-25-29(20(23)4)31-32-33(25)5)21-8-7-18(2)22(13-21)17-34-16-19(3)39-26-11-12-30-15-27(26)40(34,36)37/h7-13,15,19,24,36-37H,6,14,16-17H2,1-5H3/t19-,24?/m1/s1. The van der Waals surface area contributed by atoms with E-state index in [9.17, 15) is 13.9 Å². The Kier molecular flexibility index (Phi) is 7.83. The molecule has 1 aliphatic rings. The monoisotopic (exact) mass is 565 g/mol. The Morgan fingerprint density at radius 1 is 1.23 bits per heavy atom. The molecule has 4 aromatic rings. The van der Waals surface area contributed by atoms with E-state index in [2.05, 4.69) is 21.4 Å². The lowest BCUT2D eigenvalue weighted by Gasteiger charge is -2.41. The summed E-state index contributed by atoms with van der Waals surface area (Å²) < 4.78 is 37.5. The first-order valence-corrected chi connectivity index (χ1v) is 14.8. The van der Waals surface area contributed by atoms with Gasteiger partial charge in [0.25, 0.3) is 0 Å². The van der Waals surface area contributed by atoms with Gasteiger partial charge in [0.15, 0.2) is 0 Å². The number of fused-ring (bicyclic) bond motifs is 2. The molecule has 0 saturated heterocycles. The van der Waals surface area contributed by atoms with E-state index in [-0.39, 0.29) is 35.9 Å². The molecule has 2 aromatic carbocycles. The fourth-order valence-electron chi connectivity index (χ4n) is 5.30. The highest BCUT2D eigenvalue weighted by atomic mass is 32.3. The lowest BCUT2D eigenvalue weighted by Crippen LogP contribution is -2.33. The lowest BCUT2D eigenvalue weighted by molar-refractivity contribution is -0.143. The van der Waals surface area contributed by atoms with Crippen molar-refractivity contribution in [3.05, 3.63) is 76.6 Å². The molecule has 3 heterocycles. The van der Waals surface area contributed by atoms with Gasteiger partial charge in [-0.05, 0) is 61.6 Å². The summed E-state index contributed by atoms with van der Waals surface area (Å²) in [5, 5.41) is 8.51. The lowest BCUT2D eigenvalue weighted by atomic mass is 9.84. The number of carbonyl (C=O) groups is 1. The third-order valence-corrected chi connectivity index (χ3v) is 9.34. The van der Waals surface area contributed by atoms with Crippen molar-refractivity contribution in [2.45, 2.75) is 57.6 Å². The number of hydrogen-bond donors (Lipinski definition) is 2. The van der Waals surface area contributed by atoms with Gasteiger partial charge in [-0.1, -0.05) is 29.5 Å². The molecule has 10 nitrogen and oxygen atoms in total. The van der Waals surface area contributed by atoms with Gasteiger partial charge >= 0.3 is 5.97 Å². The van der Waals surface area contributed by atoms with Crippen LogP contribution in [0.1, 0.15) is 54.0 Å². The third-order valence-electron chi connectivity index (χ3n) is 7.44. The fourth-order valence-corrected chi connectivity index (χ4v) is 6.90. The summed E-state index contributed by atoms with van der Waals surface area (Å²) in [4.78, 5) is 17.2. The topological polar surface area (TPSA) is 123 Å². The quantitative estimate of drug-likeness (QED) is 0.285. The normalized spacial score (nSPS) is 18.4. The predicted molar refractivity (Wildman–Crippen MR) is 153 cm³/mol. The number of rotatable bonds is 7. The number of pyridine rings is 1. The minimum atomic E-state index is -3.35. The van der Waals surface area contributed by atoms with E-state index in [1.807, 2.05) is 52.1 Å². The Morgan fingerprint density at radius 3 is 2.80 bits per heavy atom. The maximum absolute atomic E-state index is 12.8. The molecule has 1 aliphatic heterocycles. The minimum absolute atomic E-state index is 0.159. The number of aryl methyl sites for hydroxylation is 3. The highest BCUT2D eigenvalue weighted by Crippen LogP contribution is 2.57. The van der Waals surface area contributed by atoms with E-state index < -0.39 is 10.8 Å². The molecule has 11 heteroatoms. The van der Waals surface area contributed by atoms with Crippen LogP contribution in [0.2, 0.25) is 0 Å². The molecule has 0 radical (unpaired) electrons. The zero-order valence-corrected chi connectivity index (χ0v) is 24.2. The van der Waals surface area contributed by atoms with Gasteiger partial charge in [0.1, 0.15) is 22.3 Å². The van der Waals surface area contributed by atoms with Crippen molar-refractivity contribution in [2.75, 3.05) is 13.2 Å². The molecule has 0 saturated carbocycles. The molecule has 2 N–H and O–H groups in total. The number of ether oxygens (including phenoxy) is 2. The first-order valence-electron chi connectivity index (χ1n) is 13.3. The predicted octanol–water partition coefficient (Wildman–Crippen LogP) is 5.37. The molecule has 5 rings (SSSR count). The van der Waals surface area contributed by atoms with Gasteiger partial charge in [0, 0.05) is 31.8 Å². The average Bonchev–Trinajstić information content (AvgIpc) is 3.26. The molecule has 0 aliphatic carbocycles. The van der Waals surface area contributed by atoms with Crippen LogP contribution < -0.4 is 4.74 Å². The van der Waals surface area contributed by atoms with Crippen LogP contribution in [0.25, 0.3) is 11.0 Å². The van der Waals surface area contributed by atoms with Crippen LogP contribution in [0.4, 0.5) is 0 Å². The van der Waals surface area contributed by atoms with Gasteiger partial charge in [-0.3, -0.25) is 18.9 Å². The first-order chi connectivity index (χ1) is 19.1. The van der Waals surface area contributed by atoms with E-state index in [1.165, 1.54) is 6.20 Å². The summed E-state index contributed by atoms with van der Waals surface area (Å²) in [7, 11) is -1.50. The minimum Gasteiger partial charge on any atom is -0.487 e. The van der Waals surface area contributed by atoms with Crippen LogP contribution >= 0.6 is 10.8 Å². The first kappa shape index (κ1) is 28.0. The molecular weight excluding hydrogens is 530 g/mol. The second-order valence-corrected chi connectivity index (χ2v) is 12.2. The zero-order chi connectivity index (χ0) is 28.6. The molecule has 0 spiro atoms. The van der Waals surface area contributed by atoms with Crippen LogP contribution in [0.5, 0.6) is 5.75 Å². The summed E-state index contributed by atoms with van der Waals surface area (Å²) in [5.74, 6) is -0.147. The van der Waals surface area contributed by atoms with Crippen molar-refractivity contribution in [2.24, 2.45) is 7.05 Å². The molecule has 2 aromatic heterocycles. The van der Waals surface area contributed by atoms with Crippen molar-refractivity contribution in [1.82, 2.24) is 24.3 Å². The SMILES string of the molecule is CCOC(=O)CC(c1ccc(C)c(CN2C[C@@H](C)Oc3ccncc3S2(O)O)c1)c1ccc2c(nnn2C)c1C. The molecule has 40 heavy (non-hydrogen) atoms. The van der Waals surface area contributed by atoms with Crippen LogP contribution in [-0.2, 0) is 23.1 Å². The summed E-state index contributed by atoms with van der Waals surface area (Å²) in [5.41, 5.74) is 6.48. The van der Waals surface area contributed by atoms with Gasteiger partial charge in [-0.25, -0.2) is 4.68 Å². The number of carbonyl (C=O) groups excluding carboxylic acids is 1. The third kappa shape index (κ3) is 5.29. The van der Waals surface area contributed by atoms with Gasteiger partial charge in [0.2, 0.25) is 0 Å². The van der Waals surface area contributed by atoms with E-state index in [0.717, 1.165) is 38.9 Å². The number of aromatic nitrogens is 4. The Morgan fingerprint density at radius 2 is 2.02 bits per heavy atom. The van der Waals surface area contributed by atoms with Crippen LogP contribution in [0.3, 0.4) is 0 Å². The van der Waals surface area contributed by atoms with Crippen molar-refractivity contribution >= 4 is 27.8 Å². The smallest absolute Gasteiger partial charge is 0.306 e. The largest absolute Gasteiger partial charge is 0.487 e. The second kappa shape index (κ2) is 11.2. The Balaban J connectivity index is 1.55. The molecule has 2 atom stereocenters. The van der Waals surface area contributed by atoms with E-state index in [1.54, 1.807) is 28.2 Å². The number of esters is 1. The molecule has 0 amide bonds. The van der Waals surface area contributed by atoms with Gasteiger partial charge in [-0.15, -0.1) is 15.9 Å². The van der Waals surface area contributed by atoms with Crippen LogP contribution in [0, 0.1) is 13.8 Å². The number of benzene rings is 2. The fraction of sp³-hybridized carbons (Fsp3) is 0.379. The zero-order valence-electron chi connectivity index (χ0n) is 23.4. The highest BCUT2D eigenvalue weighted by molar-refractivity contribution is 8.22. The second-order valence-electron chi connectivity index (χ2n) is 10.2. The van der Waals surface area contributed by atoms with Gasteiger partial charge in [-0.2, -0.15) is 4.31 Å². The highest BCUT2D eigenvalue weighted by Gasteiger charge is 2.34. The van der Waals surface area contributed by atoms with Crippen LogP contribution in [0.15, 0.2) is 53.7 Å². The summed E-state index contributed by atoms with van der Waals surface area (Å²) in [6.45, 7) is 8.59. The summed E-state index contributed by atoms with van der Waals surface area (Å²) >= 11 is 0. The maximum atomic E-state index is 12.8. The van der Waals surface area contributed by atoms with Crippen molar-refractivity contribution in [3.63, 3.8) is 0 Å². The molecule has 212 valence electrons. The molecule has 0 bridgehead atoms. The van der Waals surface area contributed by atoms with Gasteiger partial charge in [0.05, 0.1) is 31.3 Å².